The van der Waals surface area contributed by atoms with Crippen molar-refractivity contribution in [3.8, 4) is 0 Å². The van der Waals surface area contributed by atoms with Crippen molar-refractivity contribution in [1.82, 2.24) is 20.6 Å². The van der Waals surface area contributed by atoms with Gasteiger partial charge in [0.1, 0.15) is 0 Å². The number of amides is 2. The Hall–Kier alpha value is -1.95. The van der Waals surface area contributed by atoms with Crippen molar-refractivity contribution in [1.29, 1.82) is 0 Å². The van der Waals surface area contributed by atoms with Crippen molar-refractivity contribution in [2.75, 3.05) is 13.1 Å². The van der Waals surface area contributed by atoms with Crippen LogP contribution in [0.1, 0.15) is 44.2 Å². The molecule has 1 aliphatic heterocycles. The number of likely N-dealkylation sites (tertiary alicyclic amines) is 1. The maximum atomic E-state index is 11.8. The summed E-state index contributed by atoms with van der Waals surface area (Å²) in [6, 6.07) is 6.17. The number of hydrogen-bond donors (Lipinski definition) is 2. The van der Waals surface area contributed by atoms with Gasteiger partial charge in [0.15, 0.2) is 0 Å². The number of urea groups is 1. The zero-order valence-corrected chi connectivity index (χ0v) is 13.5. The van der Waals surface area contributed by atoms with Crippen molar-refractivity contribution in [2.45, 2.75) is 51.1 Å². The molecule has 3 rings (SSSR count). The van der Waals surface area contributed by atoms with Crippen LogP contribution in [0, 0.1) is 0 Å². The average molecular weight is 315 g/mol. The molecule has 0 aromatic carbocycles. The number of nitrogens with one attached hydrogen (secondary N) is 2. The molecule has 6 nitrogen and oxygen atoms in total. The lowest BCUT2D eigenvalue weighted by atomic mass is 10.1. The number of aromatic nitrogens is 1. The Labute approximate surface area is 137 Å². The van der Waals surface area contributed by atoms with Crippen molar-refractivity contribution in [3.63, 3.8) is 0 Å². The van der Waals surface area contributed by atoms with E-state index >= 15 is 0 Å². The molecule has 6 heteroatoms. The van der Waals surface area contributed by atoms with Crippen LogP contribution in [0.4, 0.5) is 4.79 Å². The Kier molecular flexibility index (Phi) is 5.58. The molecule has 1 aromatic heterocycles. The molecule has 2 aliphatic rings. The molecule has 23 heavy (non-hydrogen) atoms. The first-order valence-electron chi connectivity index (χ1n) is 8.54. The molecule has 1 saturated heterocycles. The molecule has 2 amide bonds. The summed E-state index contributed by atoms with van der Waals surface area (Å²) >= 11 is 0. The first-order chi connectivity index (χ1) is 11.3. The van der Waals surface area contributed by atoms with E-state index in [1.54, 1.807) is 0 Å². The van der Waals surface area contributed by atoms with E-state index in [2.05, 4.69) is 31.8 Å². The molecule has 1 aromatic rings. The molecule has 0 bridgehead atoms. The minimum atomic E-state index is -0.166. The molecule has 0 radical (unpaired) electrons. The zero-order chi connectivity index (χ0) is 15.9. The van der Waals surface area contributed by atoms with Gasteiger partial charge < -0.3 is 5.32 Å². The fraction of sp³-hybridized carbons (Fsp3) is 0.588. The Morgan fingerprint density at radius 2 is 2.04 bits per heavy atom. The summed E-state index contributed by atoms with van der Waals surface area (Å²) in [5, 5.41) is 7.26. The second-order valence-electron chi connectivity index (χ2n) is 6.34. The van der Waals surface area contributed by atoms with E-state index in [-0.39, 0.29) is 6.03 Å². The number of piperidine rings is 1. The van der Waals surface area contributed by atoms with Crippen molar-refractivity contribution < 1.29 is 4.79 Å². The van der Waals surface area contributed by atoms with Crippen LogP contribution in [0.2, 0.25) is 0 Å². The lowest BCUT2D eigenvalue weighted by Crippen LogP contribution is -2.40. The monoisotopic (exact) mass is 315 g/mol. The van der Waals surface area contributed by atoms with E-state index in [1.165, 1.54) is 12.8 Å². The highest BCUT2D eigenvalue weighted by Gasteiger charge is 2.18. The zero-order valence-electron chi connectivity index (χ0n) is 13.5. The lowest BCUT2D eigenvalue weighted by molar-refractivity contribution is 0.237. The molecule has 2 fully saturated rings. The van der Waals surface area contributed by atoms with Crippen LogP contribution in [0.3, 0.4) is 0 Å². The maximum Gasteiger partial charge on any atom is 0.335 e. The van der Waals surface area contributed by atoms with Gasteiger partial charge >= 0.3 is 6.03 Å². The summed E-state index contributed by atoms with van der Waals surface area (Å²) in [6.45, 7) is 2.80. The van der Waals surface area contributed by atoms with Gasteiger partial charge in [0.25, 0.3) is 0 Å². The fourth-order valence-electron chi connectivity index (χ4n) is 3.22. The van der Waals surface area contributed by atoms with Gasteiger partial charge in [-0.25, -0.2) is 10.2 Å². The minimum Gasteiger partial charge on any atom is -0.334 e. The van der Waals surface area contributed by atoms with Gasteiger partial charge in [-0.3, -0.25) is 9.88 Å². The number of carbonyl (C=O) groups excluding carboxylic acids is 1. The lowest BCUT2D eigenvalue weighted by Gasteiger charge is -2.27. The van der Waals surface area contributed by atoms with E-state index in [1.807, 2.05) is 18.3 Å². The van der Waals surface area contributed by atoms with E-state index in [9.17, 15) is 4.79 Å². The summed E-state index contributed by atoms with van der Waals surface area (Å²) < 4.78 is 0. The largest absolute Gasteiger partial charge is 0.335 e. The summed E-state index contributed by atoms with van der Waals surface area (Å²) in [5.41, 5.74) is 4.82. The fourth-order valence-corrected chi connectivity index (χ4v) is 3.22. The predicted molar refractivity (Wildman–Crippen MR) is 90.1 cm³/mol. The Bertz CT molecular complexity index is 529. The smallest absolute Gasteiger partial charge is 0.334 e. The third-order valence-corrected chi connectivity index (χ3v) is 4.55. The number of nitrogens with zero attached hydrogens (tertiary/aromatic N) is 3. The molecule has 1 saturated carbocycles. The number of hydrazone groups is 1. The second kappa shape index (κ2) is 8.06. The van der Waals surface area contributed by atoms with Crippen LogP contribution < -0.4 is 10.7 Å². The van der Waals surface area contributed by atoms with Gasteiger partial charge in [0, 0.05) is 50.4 Å². The molecule has 0 spiro atoms. The topological polar surface area (TPSA) is 69.6 Å². The summed E-state index contributed by atoms with van der Waals surface area (Å²) in [5.74, 6) is 0. The average Bonchev–Trinajstić information content (AvgIpc) is 3.08. The van der Waals surface area contributed by atoms with E-state index < -0.39 is 0 Å². The van der Waals surface area contributed by atoms with Gasteiger partial charge in [-0.1, -0.05) is 18.9 Å². The van der Waals surface area contributed by atoms with Crippen molar-refractivity contribution in [2.24, 2.45) is 5.10 Å². The maximum absolute atomic E-state index is 11.8. The van der Waals surface area contributed by atoms with Crippen LogP contribution in [-0.4, -0.2) is 40.8 Å². The number of carbonyl (C=O) groups is 1. The summed E-state index contributed by atoms with van der Waals surface area (Å²) in [7, 11) is 0. The first-order valence-corrected chi connectivity index (χ1v) is 8.54. The van der Waals surface area contributed by atoms with Gasteiger partial charge in [-0.05, 0) is 25.0 Å². The predicted octanol–water partition coefficient (Wildman–Crippen LogP) is 2.28. The summed E-state index contributed by atoms with van der Waals surface area (Å²) in [6.07, 6.45) is 8.24. The quantitative estimate of drug-likeness (QED) is 0.838. The normalized spacial score (nSPS) is 19.6. The van der Waals surface area contributed by atoms with Crippen molar-refractivity contribution >= 4 is 11.7 Å². The van der Waals surface area contributed by atoms with Crippen LogP contribution in [0.25, 0.3) is 0 Å². The number of hydrogen-bond acceptors (Lipinski definition) is 4. The van der Waals surface area contributed by atoms with E-state index in [4.69, 9.17) is 0 Å². The third-order valence-electron chi connectivity index (χ3n) is 4.55. The Morgan fingerprint density at radius 3 is 2.74 bits per heavy atom. The highest BCUT2D eigenvalue weighted by atomic mass is 16.2. The molecular weight excluding hydrogens is 290 g/mol. The van der Waals surface area contributed by atoms with Gasteiger partial charge in [0.2, 0.25) is 0 Å². The van der Waals surface area contributed by atoms with Gasteiger partial charge in [-0.2, -0.15) is 5.10 Å². The highest BCUT2D eigenvalue weighted by molar-refractivity contribution is 5.87. The molecule has 0 atom stereocenters. The van der Waals surface area contributed by atoms with Crippen LogP contribution in [0.15, 0.2) is 29.5 Å². The molecule has 1 aliphatic carbocycles. The standard InChI is InChI=1S/C17H25N5O/c23-17(19-14-5-1-2-6-14)21-20-15-8-11-22(12-9-15)13-16-7-3-4-10-18-16/h3-4,7,10,14H,1-2,5-6,8-9,11-13H2,(H2,19,21,23). The van der Waals surface area contributed by atoms with Crippen LogP contribution in [0.5, 0.6) is 0 Å². The second-order valence-corrected chi connectivity index (χ2v) is 6.34. The number of pyridine rings is 1. The Morgan fingerprint density at radius 1 is 1.26 bits per heavy atom. The molecule has 0 unspecified atom stereocenters. The summed E-state index contributed by atoms with van der Waals surface area (Å²) in [4.78, 5) is 18.5. The van der Waals surface area contributed by atoms with Crippen LogP contribution >= 0.6 is 0 Å². The Balaban J connectivity index is 1.38. The number of rotatable bonds is 4. The third kappa shape index (κ3) is 5.03. The molecule has 2 heterocycles. The minimum absolute atomic E-state index is 0.166. The SMILES string of the molecule is O=C(NN=C1CCN(Cc2ccccn2)CC1)NC1CCCC1. The van der Waals surface area contributed by atoms with Gasteiger partial charge in [-0.15, -0.1) is 0 Å². The molecule has 2 N–H and O–H groups in total. The first kappa shape index (κ1) is 15.9. The van der Waals surface area contributed by atoms with E-state index in [0.29, 0.717) is 6.04 Å². The van der Waals surface area contributed by atoms with E-state index in [0.717, 1.165) is 56.7 Å². The van der Waals surface area contributed by atoms with Crippen LogP contribution in [-0.2, 0) is 6.54 Å². The molecular formula is C17H25N5O. The van der Waals surface area contributed by atoms with Gasteiger partial charge in [0.05, 0.1) is 5.69 Å². The van der Waals surface area contributed by atoms with Crippen molar-refractivity contribution in [3.05, 3.63) is 30.1 Å². The highest BCUT2D eigenvalue weighted by Crippen LogP contribution is 2.17. The molecule has 124 valence electrons.